The first-order chi connectivity index (χ1) is 7.53. The molecule has 4 atom stereocenters. The lowest BCUT2D eigenvalue weighted by Gasteiger charge is -2.23. The second kappa shape index (κ2) is 4.17. The maximum absolute atomic E-state index is 10.9. The van der Waals surface area contributed by atoms with E-state index in [4.69, 9.17) is 4.74 Å². The van der Waals surface area contributed by atoms with Gasteiger partial charge in [0.15, 0.2) is 5.78 Å². The quantitative estimate of drug-likeness (QED) is 0.540. The number of hydrogen-bond donors (Lipinski definition) is 0. The van der Waals surface area contributed by atoms with E-state index < -0.39 is 0 Å². The molecule has 0 radical (unpaired) electrons. The Bertz CT molecular complexity index is 332. The van der Waals surface area contributed by atoms with Crippen LogP contribution in [0.1, 0.15) is 33.1 Å². The average molecular weight is 220 g/mol. The molecule has 1 aliphatic heterocycles. The van der Waals surface area contributed by atoms with E-state index >= 15 is 0 Å². The zero-order chi connectivity index (χ0) is 11.8. The lowest BCUT2D eigenvalue weighted by atomic mass is 9.92. The minimum Gasteiger partial charge on any atom is -0.368 e. The SMILES string of the molecule is C=CC1C[C@H]2C[C@@H](/C=C/C(C)=O)O[C@@]2(C)C1. The summed E-state index contributed by atoms with van der Waals surface area (Å²) in [6, 6.07) is 0. The van der Waals surface area contributed by atoms with Crippen LogP contribution in [0.15, 0.2) is 24.8 Å². The minimum atomic E-state index is 0.00462. The van der Waals surface area contributed by atoms with Crippen LogP contribution in [0.25, 0.3) is 0 Å². The zero-order valence-corrected chi connectivity index (χ0v) is 10.1. The zero-order valence-electron chi connectivity index (χ0n) is 10.1. The first kappa shape index (κ1) is 11.6. The second-order valence-corrected chi connectivity index (χ2v) is 5.31. The second-order valence-electron chi connectivity index (χ2n) is 5.31. The molecular weight excluding hydrogens is 200 g/mol. The third kappa shape index (κ3) is 2.12. The van der Waals surface area contributed by atoms with E-state index in [1.54, 1.807) is 13.0 Å². The molecule has 16 heavy (non-hydrogen) atoms. The van der Waals surface area contributed by atoms with Crippen LogP contribution in [0.2, 0.25) is 0 Å². The lowest BCUT2D eigenvalue weighted by Crippen LogP contribution is -2.26. The van der Waals surface area contributed by atoms with Crippen molar-refractivity contribution in [3.63, 3.8) is 0 Å². The number of allylic oxidation sites excluding steroid dienone is 2. The van der Waals surface area contributed by atoms with E-state index in [2.05, 4.69) is 13.5 Å². The largest absolute Gasteiger partial charge is 0.368 e. The fourth-order valence-electron chi connectivity index (χ4n) is 3.09. The highest BCUT2D eigenvalue weighted by atomic mass is 16.5. The lowest BCUT2D eigenvalue weighted by molar-refractivity contribution is -0.112. The number of carbonyl (C=O) groups is 1. The summed E-state index contributed by atoms with van der Waals surface area (Å²) in [7, 11) is 0. The Morgan fingerprint density at radius 3 is 2.81 bits per heavy atom. The Labute approximate surface area is 97.4 Å². The molecule has 2 nitrogen and oxygen atoms in total. The van der Waals surface area contributed by atoms with Crippen molar-refractivity contribution in [3.8, 4) is 0 Å². The van der Waals surface area contributed by atoms with Crippen molar-refractivity contribution in [1.29, 1.82) is 0 Å². The van der Waals surface area contributed by atoms with Gasteiger partial charge in [-0.05, 0) is 51.0 Å². The highest BCUT2D eigenvalue weighted by molar-refractivity contribution is 5.87. The highest BCUT2D eigenvalue weighted by Crippen LogP contribution is 2.50. The van der Waals surface area contributed by atoms with Crippen LogP contribution in [0.5, 0.6) is 0 Å². The molecule has 2 aliphatic rings. The molecule has 0 aromatic rings. The molecule has 2 rings (SSSR count). The number of hydrogen-bond acceptors (Lipinski definition) is 2. The van der Waals surface area contributed by atoms with Gasteiger partial charge in [-0.25, -0.2) is 0 Å². The van der Waals surface area contributed by atoms with Crippen LogP contribution in [0.3, 0.4) is 0 Å². The summed E-state index contributed by atoms with van der Waals surface area (Å²) >= 11 is 0. The summed E-state index contributed by atoms with van der Waals surface area (Å²) in [6.07, 6.45) is 9.02. The number of rotatable bonds is 3. The molecular formula is C14H20O2. The van der Waals surface area contributed by atoms with Crippen LogP contribution < -0.4 is 0 Å². The van der Waals surface area contributed by atoms with E-state index in [1.165, 1.54) is 6.42 Å². The summed E-state index contributed by atoms with van der Waals surface area (Å²) in [5, 5.41) is 0. The van der Waals surface area contributed by atoms with Gasteiger partial charge in [0.25, 0.3) is 0 Å². The van der Waals surface area contributed by atoms with E-state index in [0.29, 0.717) is 11.8 Å². The summed E-state index contributed by atoms with van der Waals surface area (Å²) in [4.78, 5) is 10.9. The molecule has 1 heterocycles. The maximum atomic E-state index is 10.9. The number of fused-ring (bicyclic) bond motifs is 1. The van der Waals surface area contributed by atoms with Gasteiger partial charge in [-0.15, -0.1) is 6.58 Å². The third-order valence-corrected chi connectivity index (χ3v) is 3.93. The van der Waals surface area contributed by atoms with E-state index in [-0.39, 0.29) is 17.5 Å². The molecule has 0 bridgehead atoms. The minimum absolute atomic E-state index is 0.00462. The molecule has 0 spiro atoms. The summed E-state index contributed by atoms with van der Waals surface area (Å²) in [5.74, 6) is 1.32. The topological polar surface area (TPSA) is 26.3 Å². The van der Waals surface area contributed by atoms with Crippen LogP contribution in [-0.2, 0) is 9.53 Å². The van der Waals surface area contributed by atoms with E-state index in [1.807, 2.05) is 12.2 Å². The Kier molecular flexibility index (Phi) is 3.02. The summed E-state index contributed by atoms with van der Waals surface area (Å²) in [5.41, 5.74) is 0.00462. The molecule has 88 valence electrons. The molecule has 0 amide bonds. The van der Waals surface area contributed by atoms with E-state index in [0.717, 1.165) is 12.8 Å². The van der Waals surface area contributed by atoms with Crippen LogP contribution >= 0.6 is 0 Å². The molecule has 0 aromatic carbocycles. The van der Waals surface area contributed by atoms with Crippen molar-refractivity contribution in [2.75, 3.05) is 0 Å². The molecule has 2 heteroatoms. The molecule has 1 aliphatic carbocycles. The van der Waals surface area contributed by atoms with Gasteiger partial charge in [0, 0.05) is 0 Å². The maximum Gasteiger partial charge on any atom is 0.152 e. The first-order valence-electron chi connectivity index (χ1n) is 6.02. The van der Waals surface area contributed by atoms with Crippen LogP contribution in [0, 0.1) is 11.8 Å². The summed E-state index contributed by atoms with van der Waals surface area (Å²) in [6.45, 7) is 7.63. The van der Waals surface area contributed by atoms with Crippen molar-refractivity contribution < 1.29 is 9.53 Å². The van der Waals surface area contributed by atoms with Crippen molar-refractivity contribution in [2.45, 2.75) is 44.8 Å². The molecule has 0 aromatic heterocycles. The number of ether oxygens (including phenoxy) is 1. The first-order valence-corrected chi connectivity index (χ1v) is 6.02. The number of ketones is 1. The van der Waals surface area contributed by atoms with Gasteiger partial charge < -0.3 is 4.74 Å². The van der Waals surface area contributed by atoms with Gasteiger partial charge in [-0.2, -0.15) is 0 Å². The Hall–Kier alpha value is -0.890. The predicted molar refractivity (Wildman–Crippen MR) is 64.1 cm³/mol. The van der Waals surface area contributed by atoms with Gasteiger partial charge in [0.05, 0.1) is 11.7 Å². The molecule has 1 saturated heterocycles. The molecule has 2 fully saturated rings. The van der Waals surface area contributed by atoms with Gasteiger partial charge in [-0.3, -0.25) is 4.79 Å². The Morgan fingerprint density at radius 1 is 1.50 bits per heavy atom. The van der Waals surface area contributed by atoms with Gasteiger partial charge in [0.2, 0.25) is 0 Å². The van der Waals surface area contributed by atoms with Crippen molar-refractivity contribution in [1.82, 2.24) is 0 Å². The smallest absolute Gasteiger partial charge is 0.152 e. The third-order valence-electron chi connectivity index (χ3n) is 3.93. The van der Waals surface area contributed by atoms with Gasteiger partial charge in [0.1, 0.15) is 0 Å². The average Bonchev–Trinajstić information content (AvgIpc) is 2.65. The van der Waals surface area contributed by atoms with Crippen molar-refractivity contribution >= 4 is 5.78 Å². The van der Waals surface area contributed by atoms with E-state index in [9.17, 15) is 4.79 Å². The fraction of sp³-hybridized carbons (Fsp3) is 0.643. The van der Waals surface area contributed by atoms with Crippen molar-refractivity contribution in [3.05, 3.63) is 24.8 Å². The molecule has 1 saturated carbocycles. The predicted octanol–water partition coefficient (Wildman–Crippen LogP) is 2.89. The van der Waals surface area contributed by atoms with Gasteiger partial charge >= 0.3 is 0 Å². The Balaban J connectivity index is 1.99. The normalized spacial score (nSPS) is 42.5. The summed E-state index contributed by atoms with van der Waals surface area (Å²) < 4.78 is 6.07. The fourth-order valence-corrected chi connectivity index (χ4v) is 3.09. The molecule has 1 unspecified atom stereocenters. The highest BCUT2D eigenvalue weighted by Gasteiger charge is 2.50. The Morgan fingerprint density at radius 2 is 2.25 bits per heavy atom. The van der Waals surface area contributed by atoms with Crippen LogP contribution in [-0.4, -0.2) is 17.5 Å². The standard InChI is InChI=1S/C14H20O2/c1-4-11-7-12-8-13(6-5-10(2)15)16-14(12,3)9-11/h4-6,11-13H,1,7-9H2,2-3H3/b6-5+/t11?,12-,13+,14-/m0/s1. The van der Waals surface area contributed by atoms with Crippen molar-refractivity contribution in [2.24, 2.45) is 11.8 Å². The van der Waals surface area contributed by atoms with Crippen LogP contribution in [0.4, 0.5) is 0 Å². The number of carbonyl (C=O) groups excluding carboxylic acids is 1. The molecule has 0 N–H and O–H groups in total. The monoisotopic (exact) mass is 220 g/mol. The van der Waals surface area contributed by atoms with Gasteiger partial charge in [-0.1, -0.05) is 12.2 Å².